The molecule has 3 rings (SSSR count). The van der Waals surface area contributed by atoms with E-state index in [9.17, 15) is 27.6 Å². The van der Waals surface area contributed by atoms with Gasteiger partial charge in [0.1, 0.15) is 11.6 Å². The molecule has 1 heterocycles. The third kappa shape index (κ3) is 9.74. The molecule has 2 aliphatic rings. The van der Waals surface area contributed by atoms with E-state index in [1.165, 1.54) is 24.1 Å². The van der Waals surface area contributed by atoms with Crippen LogP contribution in [0, 0.1) is 11.3 Å². The maximum absolute atomic E-state index is 14.2. The molecule has 13 heteroatoms. The summed E-state index contributed by atoms with van der Waals surface area (Å²) in [6, 6.07) is 3.74. The lowest BCUT2D eigenvalue weighted by Gasteiger charge is -2.30. The van der Waals surface area contributed by atoms with Gasteiger partial charge in [0.15, 0.2) is 5.78 Å². The number of halogens is 1. The van der Waals surface area contributed by atoms with Gasteiger partial charge >= 0.3 is 12.1 Å². The van der Waals surface area contributed by atoms with E-state index in [4.69, 9.17) is 13.7 Å². The summed E-state index contributed by atoms with van der Waals surface area (Å²) in [5.41, 5.74) is -1.91. The summed E-state index contributed by atoms with van der Waals surface area (Å²) in [5.74, 6) is -1.81. The summed E-state index contributed by atoms with van der Waals surface area (Å²) in [6.07, 6.45) is 4.90. The number of alkyl carbamates (subject to hydrolysis) is 1. The van der Waals surface area contributed by atoms with E-state index in [2.05, 4.69) is 34.4 Å². The molecule has 2 fully saturated rings. The Morgan fingerprint density at radius 2 is 1.80 bits per heavy atom. The highest BCUT2D eigenvalue weighted by atomic mass is 79.9. The summed E-state index contributed by atoms with van der Waals surface area (Å²) in [5, 5.41) is 2.66. The zero-order valence-electron chi connectivity index (χ0n) is 27.0. The second-order valence-corrected chi connectivity index (χ2v) is 15.3. The van der Waals surface area contributed by atoms with Crippen molar-refractivity contribution in [3.8, 4) is 0 Å². The molecule has 0 bridgehead atoms. The predicted octanol–water partition coefficient (Wildman–Crippen LogP) is 5.48. The number of unbranched alkanes of at least 4 members (excludes halogenated alkanes) is 3. The van der Waals surface area contributed by atoms with Crippen molar-refractivity contribution in [3.63, 3.8) is 0 Å². The van der Waals surface area contributed by atoms with Crippen molar-refractivity contribution in [2.24, 2.45) is 11.3 Å². The molecule has 1 aromatic carbocycles. The lowest BCUT2D eigenvalue weighted by molar-refractivity contribution is -0.150. The van der Waals surface area contributed by atoms with E-state index in [0.29, 0.717) is 17.3 Å². The average molecular weight is 726 g/mol. The highest BCUT2D eigenvalue weighted by molar-refractivity contribution is 9.10. The second-order valence-electron chi connectivity index (χ2n) is 12.8. The molecular weight excluding hydrogens is 680 g/mol. The standard InChI is InChI=1S/C33H45BrN2O9S/c1-7-9-10-11-12-13-26(35-31(40)44-32(3,4)5)29(38)36-21-24(45-46(41,42)25-16-14-23(34)15-17-25)18-27(36)28(37)20-33(30(39)43-6)19-22(33)8-2/h7-8,14-17,22,24,26-27H,1-2,9-13,18-21H2,3-6H3,(H,35,40)/t22-,24+,26+,27+,33-/m1/s1. The number of esters is 1. The van der Waals surface area contributed by atoms with Crippen molar-refractivity contribution in [2.45, 2.75) is 101 Å². The number of amides is 2. The Balaban J connectivity index is 1.90. The molecule has 1 N–H and O–H groups in total. The number of methoxy groups -OCH3 is 1. The first kappa shape index (κ1) is 37.4. The van der Waals surface area contributed by atoms with Gasteiger partial charge in [-0.1, -0.05) is 40.9 Å². The van der Waals surface area contributed by atoms with E-state index in [1.54, 1.807) is 39.0 Å². The number of benzene rings is 1. The molecule has 5 atom stereocenters. The van der Waals surface area contributed by atoms with Crippen molar-refractivity contribution in [1.82, 2.24) is 10.2 Å². The smallest absolute Gasteiger partial charge is 0.408 e. The number of nitrogens with zero attached hydrogens (tertiary/aromatic N) is 1. The summed E-state index contributed by atoms with van der Waals surface area (Å²) in [6.45, 7) is 12.4. The van der Waals surface area contributed by atoms with E-state index in [0.717, 1.165) is 19.3 Å². The van der Waals surface area contributed by atoms with Gasteiger partial charge in [-0.05, 0) is 76.6 Å². The fourth-order valence-electron chi connectivity index (χ4n) is 5.76. The molecule has 1 saturated heterocycles. The van der Waals surface area contributed by atoms with Crippen LogP contribution in [0.3, 0.4) is 0 Å². The lowest BCUT2D eigenvalue weighted by Crippen LogP contribution is -2.52. The monoisotopic (exact) mass is 724 g/mol. The van der Waals surface area contributed by atoms with E-state index >= 15 is 0 Å². The number of ketones is 1. The minimum atomic E-state index is -4.25. The van der Waals surface area contributed by atoms with Crippen LogP contribution in [0.2, 0.25) is 0 Å². The fourth-order valence-corrected chi connectivity index (χ4v) is 7.10. The van der Waals surface area contributed by atoms with Gasteiger partial charge in [-0.2, -0.15) is 8.42 Å². The topological polar surface area (TPSA) is 145 Å². The maximum atomic E-state index is 14.2. The Morgan fingerprint density at radius 3 is 2.37 bits per heavy atom. The number of carbonyl (C=O) groups excluding carboxylic acids is 4. The minimum absolute atomic E-state index is 0.0798. The fraction of sp³-hybridized carbons (Fsp3) is 0.576. The van der Waals surface area contributed by atoms with E-state index < -0.39 is 63.1 Å². The molecule has 0 unspecified atom stereocenters. The minimum Gasteiger partial charge on any atom is -0.469 e. The van der Waals surface area contributed by atoms with Crippen LogP contribution >= 0.6 is 15.9 Å². The highest BCUT2D eigenvalue weighted by Gasteiger charge is 2.61. The first-order valence-electron chi connectivity index (χ1n) is 15.4. The molecule has 0 spiro atoms. The number of nitrogens with one attached hydrogen (secondary N) is 1. The first-order valence-corrected chi connectivity index (χ1v) is 17.6. The Morgan fingerprint density at radius 1 is 1.13 bits per heavy atom. The van der Waals surface area contributed by atoms with Crippen LogP contribution in [0.15, 0.2) is 58.9 Å². The van der Waals surface area contributed by atoms with Crippen molar-refractivity contribution in [1.29, 1.82) is 0 Å². The number of rotatable bonds is 16. The summed E-state index contributed by atoms with van der Waals surface area (Å²) in [4.78, 5) is 54.8. The van der Waals surface area contributed by atoms with Gasteiger partial charge in [-0.15, -0.1) is 13.2 Å². The molecule has 2 amide bonds. The van der Waals surface area contributed by atoms with Crippen LogP contribution in [0.4, 0.5) is 4.79 Å². The molecule has 1 aromatic rings. The van der Waals surface area contributed by atoms with Gasteiger partial charge in [-0.3, -0.25) is 18.6 Å². The number of hydrogen-bond donors (Lipinski definition) is 1. The van der Waals surface area contributed by atoms with Gasteiger partial charge in [-0.25, -0.2) is 4.79 Å². The van der Waals surface area contributed by atoms with Crippen molar-refractivity contribution >= 4 is 49.8 Å². The molecule has 1 aliphatic heterocycles. The normalized spacial score (nSPS) is 23.2. The van der Waals surface area contributed by atoms with Crippen LogP contribution in [-0.4, -0.2) is 74.5 Å². The van der Waals surface area contributed by atoms with Crippen molar-refractivity contribution < 1.29 is 41.3 Å². The van der Waals surface area contributed by atoms with Gasteiger partial charge in [0.05, 0.1) is 29.6 Å². The average Bonchev–Trinajstić information content (AvgIpc) is 3.54. The van der Waals surface area contributed by atoms with Crippen LogP contribution in [-0.2, 0) is 38.2 Å². The number of ether oxygens (including phenoxy) is 2. The molecule has 0 aromatic heterocycles. The second kappa shape index (κ2) is 15.7. The van der Waals surface area contributed by atoms with Gasteiger partial charge in [0.25, 0.3) is 10.1 Å². The highest BCUT2D eigenvalue weighted by Crippen LogP contribution is 2.57. The van der Waals surface area contributed by atoms with Crippen LogP contribution in [0.5, 0.6) is 0 Å². The number of carbonyl (C=O) groups is 4. The quantitative estimate of drug-likeness (QED) is 0.101. The number of allylic oxidation sites excluding steroid dienone is 2. The maximum Gasteiger partial charge on any atom is 0.408 e. The molecule has 1 aliphatic carbocycles. The lowest BCUT2D eigenvalue weighted by atomic mass is 9.92. The van der Waals surface area contributed by atoms with Crippen LogP contribution in [0.25, 0.3) is 0 Å². The molecular formula is C33H45BrN2O9S. The molecule has 0 radical (unpaired) electrons. The summed E-state index contributed by atoms with van der Waals surface area (Å²) >= 11 is 3.28. The Hall–Kier alpha value is -3.03. The number of likely N-dealkylation sites (tertiary alicyclic amines) is 1. The van der Waals surface area contributed by atoms with E-state index in [-0.39, 0.29) is 36.6 Å². The summed E-state index contributed by atoms with van der Waals surface area (Å²) in [7, 11) is -3.00. The first-order chi connectivity index (χ1) is 21.6. The predicted molar refractivity (Wildman–Crippen MR) is 175 cm³/mol. The number of hydrogen-bond acceptors (Lipinski definition) is 9. The molecule has 1 saturated carbocycles. The Labute approximate surface area is 280 Å². The van der Waals surface area contributed by atoms with Crippen molar-refractivity contribution in [2.75, 3.05) is 13.7 Å². The van der Waals surface area contributed by atoms with Gasteiger partial charge in [0, 0.05) is 23.9 Å². The van der Waals surface area contributed by atoms with Gasteiger partial charge < -0.3 is 19.7 Å². The van der Waals surface area contributed by atoms with Crippen LogP contribution < -0.4 is 5.32 Å². The number of Topliss-reactive ketones (excluding diaryl/α,β-unsaturated/α-hetero) is 1. The summed E-state index contributed by atoms with van der Waals surface area (Å²) < 4.78 is 43.0. The third-order valence-corrected chi connectivity index (χ3v) is 10.1. The van der Waals surface area contributed by atoms with E-state index in [1.807, 2.05) is 6.08 Å². The Kier molecular flexibility index (Phi) is 12.8. The van der Waals surface area contributed by atoms with Crippen LogP contribution in [0.1, 0.15) is 72.1 Å². The SMILES string of the molecule is C=CCCCCC[C@H](NC(=O)OC(C)(C)C)C(=O)N1C[C@@H](OS(=O)(=O)c2ccc(Br)cc2)C[C@H]1C(=O)C[C@]1(C(=O)OC)C[C@H]1C=C. The molecule has 46 heavy (non-hydrogen) atoms. The third-order valence-electron chi connectivity index (χ3n) is 8.17. The zero-order valence-corrected chi connectivity index (χ0v) is 29.4. The zero-order chi connectivity index (χ0) is 34.3. The molecule has 254 valence electrons. The molecule has 11 nitrogen and oxygen atoms in total. The Bertz CT molecular complexity index is 1410. The largest absolute Gasteiger partial charge is 0.469 e. The van der Waals surface area contributed by atoms with Crippen molar-refractivity contribution in [3.05, 3.63) is 54.0 Å². The van der Waals surface area contributed by atoms with Gasteiger partial charge in [0.2, 0.25) is 5.91 Å².